The van der Waals surface area contributed by atoms with Gasteiger partial charge in [0, 0.05) is 13.1 Å². The Morgan fingerprint density at radius 1 is 0.931 bits per heavy atom. The zero-order valence-electron chi connectivity index (χ0n) is 15.4. The van der Waals surface area contributed by atoms with Crippen molar-refractivity contribution in [2.75, 3.05) is 19.8 Å². The Labute approximate surface area is 167 Å². The lowest BCUT2D eigenvalue weighted by Crippen LogP contribution is -2.33. The highest BCUT2D eigenvalue weighted by Gasteiger charge is 2.36. The van der Waals surface area contributed by atoms with E-state index in [0.29, 0.717) is 13.1 Å². The molecule has 2 amide bonds. The van der Waals surface area contributed by atoms with Crippen molar-refractivity contribution >= 4 is 27.8 Å². The Balaban J connectivity index is 1.47. The predicted octanol–water partition coefficient (Wildman–Crippen LogP) is 1.88. The van der Waals surface area contributed by atoms with Crippen LogP contribution in [0.15, 0.2) is 53.4 Å². The van der Waals surface area contributed by atoms with Crippen LogP contribution in [0.25, 0.3) is 0 Å². The molecule has 0 bridgehead atoms. The van der Waals surface area contributed by atoms with Crippen LogP contribution in [-0.2, 0) is 14.8 Å². The molecule has 9 heteroatoms. The molecule has 0 unspecified atom stereocenters. The van der Waals surface area contributed by atoms with Crippen molar-refractivity contribution in [3.63, 3.8) is 0 Å². The van der Waals surface area contributed by atoms with Crippen molar-refractivity contribution in [3.05, 3.63) is 65.2 Å². The summed E-state index contributed by atoms with van der Waals surface area (Å²) >= 11 is 0. The molecule has 0 N–H and O–H groups in total. The number of esters is 1. The number of amides is 2. The van der Waals surface area contributed by atoms with Gasteiger partial charge in [0.05, 0.1) is 21.6 Å². The summed E-state index contributed by atoms with van der Waals surface area (Å²) in [6, 6.07) is 11.9. The molecule has 0 atom stereocenters. The van der Waals surface area contributed by atoms with Gasteiger partial charge in [-0.2, -0.15) is 4.31 Å². The van der Waals surface area contributed by atoms with Gasteiger partial charge < -0.3 is 4.74 Å². The lowest BCUT2D eigenvalue weighted by atomic mass is 10.1. The first-order valence-corrected chi connectivity index (χ1v) is 10.6. The van der Waals surface area contributed by atoms with E-state index in [4.69, 9.17) is 4.74 Å². The van der Waals surface area contributed by atoms with Gasteiger partial charge in [-0.3, -0.25) is 9.59 Å². The molecule has 0 radical (unpaired) electrons. The molecule has 2 aliphatic heterocycles. The monoisotopic (exact) mass is 414 g/mol. The second-order valence-corrected chi connectivity index (χ2v) is 8.72. The molecule has 2 heterocycles. The van der Waals surface area contributed by atoms with E-state index in [1.807, 2.05) is 0 Å². The van der Waals surface area contributed by atoms with E-state index in [-0.39, 0.29) is 21.6 Å². The van der Waals surface area contributed by atoms with Crippen molar-refractivity contribution in [3.8, 4) is 0 Å². The van der Waals surface area contributed by atoms with Crippen LogP contribution < -0.4 is 0 Å². The van der Waals surface area contributed by atoms with Gasteiger partial charge in [0.25, 0.3) is 11.8 Å². The fourth-order valence-electron chi connectivity index (χ4n) is 3.42. The maximum atomic E-state index is 12.7. The van der Waals surface area contributed by atoms with Gasteiger partial charge in [-0.05, 0) is 43.2 Å². The molecule has 1 saturated heterocycles. The molecular formula is C20H18N2O6S. The first-order valence-electron chi connectivity index (χ1n) is 9.12. The van der Waals surface area contributed by atoms with E-state index in [1.54, 1.807) is 12.1 Å². The van der Waals surface area contributed by atoms with Crippen LogP contribution in [-0.4, -0.2) is 55.2 Å². The second-order valence-electron chi connectivity index (χ2n) is 6.78. The summed E-state index contributed by atoms with van der Waals surface area (Å²) in [6.07, 6.45) is 1.61. The van der Waals surface area contributed by atoms with Crippen molar-refractivity contribution in [2.45, 2.75) is 17.7 Å². The number of carbonyl (C=O) groups is 3. The van der Waals surface area contributed by atoms with Gasteiger partial charge in [0.2, 0.25) is 10.0 Å². The van der Waals surface area contributed by atoms with Crippen molar-refractivity contribution in [2.24, 2.45) is 0 Å². The van der Waals surface area contributed by atoms with E-state index >= 15 is 0 Å². The minimum Gasteiger partial charge on any atom is -0.440 e. The standard InChI is InChI=1S/C20H18N2O6S/c23-18-16-8-1-2-9-17(16)19(24)22(18)13-28-20(25)14-6-5-7-15(12-14)29(26,27)21-10-3-4-11-21/h1-2,5-9,12H,3-4,10-11,13H2. The van der Waals surface area contributed by atoms with E-state index in [0.717, 1.165) is 17.7 Å². The van der Waals surface area contributed by atoms with Gasteiger partial charge in [-0.15, -0.1) is 0 Å². The van der Waals surface area contributed by atoms with Crippen molar-refractivity contribution in [1.82, 2.24) is 9.21 Å². The third-order valence-corrected chi connectivity index (χ3v) is 6.87. The van der Waals surface area contributed by atoms with Gasteiger partial charge in [-0.1, -0.05) is 18.2 Å². The Morgan fingerprint density at radius 2 is 1.55 bits per heavy atom. The smallest absolute Gasteiger partial charge is 0.339 e. The van der Waals surface area contributed by atoms with Crippen LogP contribution in [0.5, 0.6) is 0 Å². The molecule has 0 aliphatic carbocycles. The summed E-state index contributed by atoms with van der Waals surface area (Å²) in [6.45, 7) is 0.363. The maximum absolute atomic E-state index is 12.7. The lowest BCUT2D eigenvalue weighted by Gasteiger charge is -2.16. The molecule has 2 aromatic carbocycles. The molecular weight excluding hydrogens is 396 g/mol. The average Bonchev–Trinajstić information content (AvgIpc) is 3.36. The van der Waals surface area contributed by atoms with Gasteiger partial charge >= 0.3 is 5.97 Å². The summed E-state index contributed by atoms with van der Waals surface area (Å²) in [5.41, 5.74) is 0.543. The molecule has 2 aliphatic rings. The van der Waals surface area contributed by atoms with E-state index in [1.165, 1.54) is 40.7 Å². The summed E-state index contributed by atoms with van der Waals surface area (Å²) in [4.78, 5) is 37.9. The van der Waals surface area contributed by atoms with Crippen LogP contribution in [0.3, 0.4) is 0 Å². The number of benzene rings is 2. The fourth-order valence-corrected chi connectivity index (χ4v) is 4.99. The topological polar surface area (TPSA) is 101 Å². The Kier molecular flexibility index (Phi) is 4.93. The minimum atomic E-state index is -3.67. The number of ether oxygens (including phenoxy) is 1. The van der Waals surface area contributed by atoms with Crippen molar-refractivity contribution in [1.29, 1.82) is 0 Å². The quantitative estimate of drug-likeness (QED) is 0.547. The summed E-state index contributed by atoms with van der Waals surface area (Å²) in [5.74, 6) is -1.90. The minimum absolute atomic E-state index is 0.00887. The number of hydrogen-bond acceptors (Lipinski definition) is 6. The largest absolute Gasteiger partial charge is 0.440 e. The van der Waals surface area contributed by atoms with Crippen LogP contribution >= 0.6 is 0 Å². The number of nitrogens with zero attached hydrogens (tertiary/aromatic N) is 2. The Hall–Kier alpha value is -3.04. The molecule has 0 spiro atoms. The molecule has 4 rings (SSSR count). The molecule has 1 fully saturated rings. The van der Waals surface area contributed by atoms with Crippen LogP contribution in [0, 0.1) is 0 Å². The second kappa shape index (κ2) is 7.41. The Morgan fingerprint density at radius 3 is 2.17 bits per heavy atom. The number of fused-ring (bicyclic) bond motifs is 1. The SMILES string of the molecule is O=C(OCN1C(=O)c2ccccc2C1=O)c1cccc(S(=O)(=O)N2CCCC2)c1. The van der Waals surface area contributed by atoms with E-state index in [9.17, 15) is 22.8 Å². The van der Waals surface area contributed by atoms with Crippen LogP contribution in [0.2, 0.25) is 0 Å². The molecule has 2 aromatic rings. The lowest BCUT2D eigenvalue weighted by molar-refractivity contribution is 0.0228. The summed E-state index contributed by atoms with van der Waals surface area (Å²) in [7, 11) is -3.67. The third-order valence-electron chi connectivity index (χ3n) is 4.98. The average molecular weight is 414 g/mol. The van der Waals surface area contributed by atoms with E-state index < -0.39 is 34.5 Å². The van der Waals surface area contributed by atoms with Crippen molar-refractivity contribution < 1.29 is 27.5 Å². The number of carbonyl (C=O) groups excluding carboxylic acids is 3. The highest BCUT2D eigenvalue weighted by molar-refractivity contribution is 7.89. The van der Waals surface area contributed by atoms with E-state index in [2.05, 4.69) is 0 Å². The maximum Gasteiger partial charge on any atom is 0.339 e. The first-order chi connectivity index (χ1) is 13.9. The molecule has 8 nitrogen and oxygen atoms in total. The highest BCUT2D eigenvalue weighted by atomic mass is 32.2. The van der Waals surface area contributed by atoms with Crippen LogP contribution in [0.4, 0.5) is 0 Å². The summed E-state index contributed by atoms with van der Waals surface area (Å²) in [5, 5.41) is 0. The van der Waals surface area contributed by atoms with Crippen LogP contribution in [0.1, 0.15) is 43.9 Å². The predicted molar refractivity (Wildman–Crippen MR) is 102 cm³/mol. The van der Waals surface area contributed by atoms with Gasteiger partial charge in [0.15, 0.2) is 6.73 Å². The molecule has 0 saturated carbocycles. The molecule has 0 aromatic heterocycles. The molecule has 150 valence electrons. The molecule has 29 heavy (non-hydrogen) atoms. The van der Waals surface area contributed by atoms with Gasteiger partial charge in [-0.25, -0.2) is 18.1 Å². The Bertz CT molecular complexity index is 1070. The highest BCUT2D eigenvalue weighted by Crippen LogP contribution is 2.24. The number of rotatable bonds is 5. The number of sulfonamides is 1. The number of hydrogen-bond donors (Lipinski definition) is 0. The zero-order chi connectivity index (χ0) is 20.6. The zero-order valence-corrected chi connectivity index (χ0v) is 16.2. The normalized spacial score (nSPS) is 16.9. The number of imide groups is 1. The third kappa shape index (κ3) is 3.43. The first kappa shape index (κ1) is 19.3. The van der Waals surface area contributed by atoms with Gasteiger partial charge in [0.1, 0.15) is 0 Å². The fraction of sp³-hybridized carbons (Fsp3) is 0.250. The summed E-state index contributed by atoms with van der Waals surface area (Å²) < 4.78 is 31.8.